The van der Waals surface area contributed by atoms with Gasteiger partial charge < -0.3 is 0 Å². The fourth-order valence-electron chi connectivity index (χ4n) is 1.21. The van der Waals surface area contributed by atoms with E-state index in [2.05, 4.69) is 48.3 Å². The number of hydrogen-bond acceptors (Lipinski definition) is 5. The van der Waals surface area contributed by atoms with Crippen molar-refractivity contribution in [3.8, 4) is 5.69 Å². The fourth-order valence-corrected chi connectivity index (χ4v) is 2.14. The monoisotopic (exact) mass is 289 g/mol. The summed E-state index contributed by atoms with van der Waals surface area (Å²) in [7, 11) is -4.94. The second kappa shape index (κ2) is 6.24. The lowest BCUT2D eigenvalue weighted by molar-refractivity contribution is -2.00. The zero-order valence-corrected chi connectivity index (χ0v) is 11.4. The van der Waals surface area contributed by atoms with Crippen molar-refractivity contribution in [3.63, 3.8) is 0 Å². The van der Waals surface area contributed by atoms with Gasteiger partial charge in [0, 0.05) is 17.7 Å². The van der Waals surface area contributed by atoms with Gasteiger partial charge in [0.15, 0.2) is 6.20 Å². The molecule has 2 aromatic rings. The molecule has 1 aromatic carbocycles. The molecule has 18 heavy (non-hydrogen) atoms. The summed E-state index contributed by atoms with van der Waals surface area (Å²) in [5.74, 6) is 0. The molecule has 0 aliphatic carbocycles. The minimum atomic E-state index is -4.94. The van der Waals surface area contributed by atoms with Gasteiger partial charge >= 0.3 is 0 Å². The first kappa shape index (κ1) is 15.0. The van der Waals surface area contributed by atoms with Crippen LogP contribution in [0.5, 0.6) is 0 Å². The van der Waals surface area contributed by atoms with Gasteiger partial charge in [0.25, 0.3) is 0 Å². The van der Waals surface area contributed by atoms with Crippen LogP contribution in [0.3, 0.4) is 0 Å². The first-order valence-electron chi connectivity index (χ1n) is 4.94. The first-order chi connectivity index (χ1) is 8.27. The maximum Gasteiger partial charge on any atom is 0.224 e. The van der Waals surface area contributed by atoms with E-state index >= 15 is 0 Å². The van der Waals surface area contributed by atoms with Crippen LogP contribution in [-0.2, 0) is 0 Å². The van der Waals surface area contributed by atoms with E-state index < -0.39 is 10.2 Å². The van der Waals surface area contributed by atoms with Gasteiger partial charge in [0.05, 0.1) is 4.88 Å². The Hall–Kier alpha value is -1.02. The zero-order chi connectivity index (χ0) is 13.8. The lowest BCUT2D eigenvalue weighted by Gasteiger charge is -2.17. The maximum atomic E-state index is 8.49. The van der Waals surface area contributed by atoms with Crippen LogP contribution in [0.2, 0.25) is 0 Å². The van der Waals surface area contributed by atoms with E-state index in [9.17, 15) is 0 Å². The largest absolute Gasteiger partial charge is 0.224 e. The number of benzene rings is 1. The van der Waals surface area contributed by atoms with Gasteiger partial charge in [-0.15, -0.1) is 14.2 Å². The first-order valence-corrected chi connectivity index (χ1v) is 6.94. The van der Waals surface area contributed by atoms with Crippen molar-refractivity contribution in [2.24, 2.45) is 0 Å². The molecule has 0 fully saturated rings. The highest BCUT2D eigenvalue weighted by atomic mass is 35.7. The standard InChI is InChI=1S/C11H12NS.ClHO4/c1-9-8-12(13-10(9)2)11-6-4-3-5-7-11;2-1(3,4)5/h3-8H,1-2H3;(H,2,3,4,5)/q+1;/p-1. The fraction of sp³-hybridized carbons (Fsp3) is 0.182. The minimum absolute atomic E-state index is 1.24. The molecule has 1 aromatic heterocycles. The molecule has 5 nitrogen and oxygen atoms in total. The number of aryl methyl sites for hydroxylation is 2. The van der Waals surface area contributed by atoms with Crippen LogP contribution in [0.15, 0.2) is 36.5 Å². The highest BCUT2D eigenvalue weighted by Crippen LogP contribution is 2.11. The Morgan fingerprint density at radius 1 is 1.00 bits per heavy atom. The topological polar surface area (TPSA) is 96.1 Å². The van der Waals surface area contributed by atoms with Crippen LogP contribution in [0.4, 0.5) is 0 Å². The normalized spacial score (nSPS) is 10.8. The number of aromatic nitrogens is 1. The van der Waals surface area contributed by atoms with Gasteiger partial charge in [-0.1, -0.05) is 18.2 Å². The van der Waals surface area contributed by atoms with Gasteiger partial charge in [-0.25, -0.2) is 18.6 Å². The van der Waals surface area contributed by atoms with Crippen molar-refractivity contribution in [2.75, 3.05) is 0 Å². The summed E-state index contributed by atoms with van der Waals surface area (Å²) in [6.45, 7) is 4.30. The zero-order valence-electron chi connectivity index (χ0n) is 9.83. The van der Waals surface area contributed by atoms with Crippen LogP contribution in [0, 0.1) is 24.1 Å². The molecule has 0 radical (unpaired) electrons. The van der Waals surface area contributed by atoms with Crippen LogP contribution >= 0.6 is 11.5 Å². The molecule has 0 bridgehead atoms. The van der Waals surface area contributed by atoms with Crippen LogP contribution in [0.25, 0.3) is 5.69 Å². The number of hydrogen-bond donors (Lipinski definition) is 0. The van der Waals surface area contributed by atoms with E-state index in [4.69, 9.17) is 18.6 Å². The van der Waals surface area contributed by atoms with Gasteiger partial charge in [-0.3, -0.25) is 0 Å². The molecule has 0 aliphatic rings. The van der Waals surface area contributed by atoms with E-state index in [1.807, 2.05) is 6.07 Å². The van der Waals surface area contributed by atoms with E-state index in [1.165, 1.54) is 16.1 Å². The van der Waals surface area contributed by atoms with Gasteiger partial charge in [0.1, 0.15) is 11.5 Å². The van der Waals surface area contributed by atoms with Crippen LogP contribution in [-0.4, -0.2) is 0 Å². The number of rotatable bonds is 1. The molecular weight excluding hydrogens is 278 g/mol. The Kier molecular flexibility index (Phi) is 5.21. The molecule has 0 saturated heterocycles. The Morgan fingerprint density at radius 3 is 1.89 bits per heavy atom. The third kappa shape index (κ3) is 5.54. The predicted molar refractivity (Wildman–Crippen MR) is 55.3 cm³/mol. The SMILES string of the molecule is Cc1c[n+](-c2ccccc2)sc1C.[O-][Cl+3]([O-])([O-])[O-]. The molecule has 0 aliphatic heterocycles. The average Bonchev–Trinajstić information content (AvgIpc) is 2.58. The summed E-state index contributed by atoms with van der Waals surface area (Å²) in [5.41, 5.74) is 2.59. The Bertz CT molecular complexity index is 470. The molecule has 0 unspecified atom stereocenters. The molecule has 0 N–H and O–H groups in total. The summed E-state index contributed by atoms with van der Waals surface area (Å²) in [6, 6.07) is 10.4. The molecular formula is C11H12ClNO4S. The molecule has 1 heterocycles. The van der Waals surface area contributed by atoms with E-state index in [1.54, 1.807) is 11.5 Å². The van der Waals surface area contributed by atoms with Crippen molar-refractivity contribution >= 4 is 11.5 Å². The van der Waals surface area contributed by atoms with Gasteiger partial charge in [-0.2, -0.15) is 0 Å². The van der Waals surface area contributed by atoms with Gasteiger partial charge in [-0.05, 0) is 13.8 Å². The highest BCUT2D eigenvalue weighted by molar-refractivity contribution is 7.02. The van der Waals surface area contributed by atoms with Crippen molar-refractivity contribution in [1.82, 2.24) is 0 Å². The Labute approximate surface area is 111 Å². The summed E-state index contributed by atoms with van der Waals surface area (Å²) in [5, 5.41) is 0. The predicted octanol–water partition coefficient (Wildman–Crippen LogP) is -2.11. The third-order valence-corrected chi connectivity index (χ3v) is 3.22. The van der Waals surface area contributed by atoms with Crippen molar-refractivity contribution in [2.45, 2.75) is 13.8 Å². The van der Waals surface area contributed by atoms with Crippen molar-refractivity contribution < 1.29 is 32.8 Å². The lowest BCUT2D eigenvalue weighted by atomic mass is 10.3. The number of nitrogens with zero attached hydrogens (tertiary/aromatic N) is 1. The van der Waals surface area contributed by atoms with Crippen LogP contribution in [0.1, 0.15) is 10.4 Å². The molecule has 0 atom stereocenters. The summed E-state index contributed by atoms with van der Waals surface area (Å²) < 4.78 is 36.2. The van der Waals surface area contributed by atoms with Crippen molar-refractivity contribution in [3.05, 3.63) is 47.0 Å². The summed E-state index contributed by atoms with van der Waals surface area (Å²) in [6.07, 6.45) is 2.18. The lowest BCUT2D eigenvalue weighted by Crippen LogP contribution is -2.68. The molecule has 2 rings (SSSR count). The Morgan fingerprint density at radius 2 is 1.50 bits per heavy atom. The highest BCUT2D eigenvalue weighted by Gasteiger charge is 2.11. The molecule has 0 spiro atoms. The summed E-state index contributed by atoms with van der Waals surface area (Å²) >= 11 is 1.78. The van der Waals surface area contributed by atoms with E-state index in [0.29, 0.717) is 0 Å². The minimum Gasteiger partial charge on any atom is -0.222 e. The molecule has 0 saturated carbocycles. The smallest absolute Gasteiger partial charge is 0.222 e. The van der Waals surface area contributed by atoms with E-state index in [-0.39, 0.29) is 0 Å². The van der Waals surface area contributed by atoms with E-state index in [0.717, 1.165) is 0 Å². The Balaban J connectivity index is 0.000000280. The molecule has 0 amide bonds. The van der Waals surface area contributed by atoms with Crippen molar-refractivity contribution in [1.29, 1.82) is 0 Å². The second-order valence-electron chi connectivity index (χ2n) is 3.50. The maximum absolute atomic E-state index is 8.49. The third-order valence-electron chi connectivity index (χ3n) is 2.11. The molecule has 98 valence electrons. The second-order valence-corrected chi connectivity index (χ2v) is 5.44. The number of para-hydroxylation sites is 1. The quantitative estimate of drug-likeness (QED) is 0.561. The summed E-state index contributed by atoms with van der Waals surface area (Å²) in [4.78, 5) is 1.38. The average molecular weight is 290 g/mol. The van der Waals surface area contributed by atoms with Crippen LogP contribution < -0.4 is 22.6 Å². The number of halogens is 1. The molecule has 7 heteroatoms. The van der Waals surface area contributed by atoms with Gasteiger partial charge in [0.2, 0.25) is 5.69 Å².